The van der Waals surface area contributed by atoms with Gasteiger partial charge in [0, 0.05) is 24.4 Å². The van der Waals surface area contributed by atoms with E-state index in [-0.39, 0.29) is 29.7 Å². The third-order valence-electron chi connectivity index (χ3n) is 5.38. The Hall–Kier alpha value is -2.40. The van der Waals surface area contributed by atoms with Gasteiger partial charge in [0.25, 0.3) is 0 Å². The molecule has 0 N–H and O–H groups in total. The smallest absolute Gasteiger partial charge is 0.242 e. The van der Waals surface area contributed by atoms with Gasteiger partial charge in [-0.3, -0.25) is 9.59 Å². The van der Waals surface area contributed by atoms with Crippen LogP contribution in [0, 0.1) is 18.3 Å². The zero-order valence-electron chi connectivity index (χ0n) is 20.3. The minimum Gasteiger partial charge on any atom is -0.332 e. The van der Waals surface area contributed by atoms with Crippen molar-refractivity contribution >= 4 is 23.2 Å². The van der Waals surface area contributed by atoms with Crippen LogP contribution in [0.5, 0.6) is 0 Å². The molecule has 0 aliphatic carbocycles. The van der Waals surface area contributed by atoms with Gasteiger partial charge in [0.05, 0.1) is 6.54 Å². The maximum Gasteiger partial charge on any atom is 0.242 e. The molecule has 174 valence electrons. The van der Waals surface area contributed by atoms with Gasteiger partial charge in [-0.1, -0.05) is 64.1 Å². The van der Waals surface area contributed by atoms with Crippen molar-refractivity contribution in [3.63, 3.8) is 0 Å². The summed E-state index contributed by atoms with van der Waals surface area (Å²) in [5.74, 6) is 0.237. The molecule has 0 radical (unpaired) electrons. The molecule has 2 aromatic rings. The van der Waals surface area contributed by atoms with E-state index in [9.17, 15) is 9.59 Å². The Bertz CT molecular complexity index is 883. The Labute approximate surface area is 197 Å². The third kappa shape index (κ3) is 8.62. The van der Waals surface area contributed by atoms with E-state index in [0.29, 0.717) is 26.1 Å². The number of thiophene rings is 1. The molecule has 0 aliphatic heterocycles. The molecule has 0 fully saturated rings. The number of carbonyl (C=O) groups excluding carboxylic acids is 2. The molecule has 4 nitrogen and oxygen atoms in total. The first-order chi connectivity index (χ1) is 15.1. The lowest BCUT2D eigenvalue weighted by Crippen LogP contribution is -2.43. The second-order valence-corrected chi connectivity index (χ2v) is 10.9. The summed E-state index contributed by atoms with van der Waals surface area (Å²) in [6, 6.07) is 12.1. The Kier molecular flexibility index (Phi) is 9.70. The van der Waals surface area contributed by atoms with E-state index in [1.54, 1.807) is 22.3 Å². The maximum atomic E-state index is 13.4. The van der Waals surface area contributed by atoms with Crippen LogP contribution in [-0.2, 0) is 22.7 Å². The third-order valence-corrected chi connectivity index (χ3v) is 6.39. The molecular weight excluding hydrogens is 416 g/mol. The monoisotopic (exact) mass is 454 g/mol. The summed E-state index contributed by atoms with van der Waals surface area (Å²) in [5, 5.41) is 2.06. The summed E-state index contributed by atoms with van der Waals surface area (Å²) in [5.41, 5.74) is 2.44. The standard InChI is InChI=1S/C27H38N2O2S/c1-7-14-28(25(30)16-21(2)17-27(4,5)6)20-26(31)29(18-23-11-9-8-10-12-23)19-24-22(3)13-15-32-24/h7-13,15,21H,1,14,16-20H2,2-6H3. The van der Waals surface area contributed by atoms with Gasteiger partial charge in [0.1, 0.15) is 6.54 Å². The number of hydrogen-bond donors (Lipinski definition) is 0. The predicted molar refractivity (Wildman–Crippen MR) is 134 cm³/mol. The predicted octanol–water partition coefficient (Wildman–Crippen LogP) is 6.06. The summed E-state index contributed by atoms with van der Waals surface area (Å²) < 4.78 is 0. The number of amides is 2. The molecular formula is C27H38N2O2S. The fourth-order valence-electron chi connectivity index (χ4n) is 3.99. The van der Waals surface area contributed by atoms with Crippen molar-refractivity contribution in [1.29, 1.82) is 0 Å². The highest BCUT2D eigenvalue weighted by atomic mass is 32.1. The van der Waals surface area contributed by atoms with E-state index >= 15 is 0 Å². The van der Waals surface area contributed by atoms with E-state index in [2.05, 4.69) is 52.6 Å². The van der Waals surface area contributed by atoms with E-state index in [4.69, 9.17) is 0 Å². The second kappa shape index (κ2) is 12.0. The van der Waals surface area contributed by atoms with E-state index in [1.165, 1.54) is 10.4 Å². The van der Waals surface area contributed by atoms with Crippen molar-refractivity contribution in [3.05, 3.63) is 70.4 Å². The number of carbonyl (C=O) groups is 2. The van der Waals surface area contributed by atoms with Crippen LogP contribution >= 0.6 is 11.3 Å². The Balaban J connectivity index is 2.13. The van der Waals surface area contributed by atoms with Gasteiger partial charge in [0.2, 0.25) is 11.8 Å². The highest BCUT2D eigenvalue weighted by molar-refractivity contribution is 7.10. The van der Waals surface area contributed by atoms with Crippen molar-refractivity contribution < 1.29 is 9.59 Å². The fraction of sp³-hybridized carbons (Fsp3) is 0.481. The molecule has 1 atom stereocenters. The van der Waals surface area contributed by atoms with Crippen LogP contribution in [0.1, 0.15) is 56.5 Å². The Morgan fingerprint density at radius 1 is 1.06 bits per heavy atom. The van der Waals surface area contributed by atoms with E-state index < -0.39 is 0 Å². The quantitative estimate of drug-likeness (QED) is 0.387. The van der Waals surface area contributed by atoms with Crippen LogP contribution in [0.2, 0.25) is 0 Å². The van der Waals surface area contributed by atoms with Crippen molar-refractivity contribution in [2.45, 2.75) is 60.5 Å². The van der Waals surface area contributed by atoms with Gasteiger partial charge in [-0.2, -0.15) is 0 Å². The zero-order chi connectivity index (χ0) is 23.7. The molecule has 1 aromatic carbocycles. The molecule has 2 rings (SSSR count). The summed E-state index contributed by atoms with van der Waals surface area (Å²) in [6.07, 6.45) is 3.11. The van der Waals surface area contributed by atoms with E-state index in [0.717, 1.165) is 12.0 Å². The Morgan fingerprint density at radius 2 is 1.75 bits per heavy atom. The lowest BCUT2D eigenvalue weighted by atomic mass is 9.84. The fourth-order valence-corrected chi connectivity index (χ4v) is 4.91. The first-order valence-corrected chi connectivity index (χ1v) is 12.2. The van der Waals surface area contributed by atoms with Gasteiger partial charge in [-0.25, -0.2) is 0 Å². The maximum absolute atomic E-state index is 13.4. The van der Waals surface area contributed by atoms with Crippen LogP contribution in [0.3, 0.4) is 0 Å². The van der Waals surface area contributed by atoms with Crippen LogP contribution in [0.15, 0.2) is 54.4 Å². The molecule has 1 heterocycles. The first kappa shape index (κ1) is 25.9. The van der Waals surface area contributed by atoms with Gasteiger partial charge >= 0.3 is 0 Å². The SMILES string of the molecule is C=CCN(CC(=O)N(Cc1ccccc1)Cc1sccc1C)C(=O)CC(C)CC(C)(C)C. The van der Waals surface area contributed by atoms with Crippen LogP contribution in [0.4, 0.5) is 0 Å². The zero-order valence-corrected chi connectivity index (χ0v) is 21.1. The van der Waals surface area contributed by atoms with Crippen LogP contribution in [-0.4, -0.2) is 34.7 Å². The number of aryl methyl sites for hydroxylation is 1. The van der Waals surface area contributed by atoms with Gasteiger partial charge in [-0.05, 0) is 47.3 Å². The molecule has 1 unspecified atom stereocenters. The van der Waals surface area contributed by atoms with Crippen molar-refractivity contribution in [2.24, 2.45) is 11.3 Å². The molecule has 2 amide bonds. The lowest BCUT2D eigenvalue weighted by molar-refractivity contribution is -0.141. The topological polar surface area (TPSA) is 40.6 Å². The van der Waals surface area contributed by atoms with Gasteiger partial charge in [-0.15, -0.1) is 17.9 Å². The molecule has 0 saturated carbocycles. The normalized spacial score (nSPS) is 12.3. The average Bonchev–Trinajstić information content (AvgIpc) is 3.10. The molecule has 1 aromatic heterocycles. The van der Waals surface area contributed by atoms with E-state index in [1.807, 2.05) is 35.2 Å². The minimum atomic E-state index is -0.0414. The number of benzene rings is 1. The molecule has 5 heteroatoms. The summed E-state index contributed by atoms with van der Waals surface area (Å²) in [4.78, 5) is 31.1. The Morgan fingerprint density at radius 3 is 2.31 bits per heavy atom. The number of rotatable bonds is 11. The summed E-state index contributed by atoms with van der Waals surface area (Å²) in [7, 11) is 0. The minimum absolute atomic E-state index is 0.0157. The highest BCUT2D eigenvalue weighted by Gasteiger charge is 2.24. The second-order valence-electron chi connectivity index (χ2n) is 9.90. The largest absolute Gasteiger partial charge is 0.332 e. The van der Waals surface area contributed by atoms with Crippen molar-refractivity contribution in [2.75, 3.05) is 13.1 Å². The molecule has 0 bridgehead atoms. The first-order valence-electron chi connectivity index (χ1n) is 11.3. The molecule has 32 heavy (non-hydrogen) atoms. The highest BCUT2D eigenvalue weighted by Crippen LogP contribution is 2.26. The van der Waals surface area contributed by atoms with Crippen molar-refractivity contribution in [3.8, 4) is 0 Å². The molecule has 0 saturated heterocycles. The number of nitrogens with zero attached hydrogens (tertiary/aromatic N) is 2. The lowest BCUT2D eigenvalue weighted by Gasteiger charge is -2.29. The van der Waals surface area contributed by atoms with Gasteiger partial charge < -0.3 is 9.80 Å². The summed E-state index contributed by atoms with van der Waals surface area (Å²) >= 11 is 1.66. The molecule has 0 aliphatic rings. The number of hydrogen-bond acceptors (Lipinski definition) is 3. The molecule has 0 spiro atoms. The average molecular weight is 455 g/mol. The van der Waals surface area contributed by atoms with Crippen LogP contribution in [0.25, 0.3) is 0 Å². The summed E-state index contributed by atoms with van der Waals surface area (Å²) in [6.45, 7) is 16.1. The van der Waals surface area contributed by atoms with Crippen LogP contribution < -0.4 is 0 Å². The van der Waals surface area contributed by atoms with Crippen molar-refractivity contribution in [1.82, 2.24) is 9.80 Å². The van der Waals surface area contributed by atoms with Gasteiger partial charge in [0.15, 0.2) is 0 Å².